The van der Waals surface area contributed by atoms with Crippen molar-refractivity contribution in [2.75, 3.05) is 13.1 Å². The topological polar surface area (TPSA) is 77.8 Å². The van der Waals surface area contributed by atoms with Gasteiger partial charge in [-0.05, 0) is 31.1 Å². The van der Waals surface area contributed by atoms with Crippen LogP contribution in [0.4, 0.5) is 0 Å². The zero-order valence-corrected chi connectivity index (χ0v) is 11.1. The fraction of sp³-hybridized carbons (Fsp3) is 0.385. The molecule has 1 saturated heterocycles. The highest BCUT2D eigenvalue weighted by atomic mass is 32.1. The van der Waals surface area contributed by atoms with Crippen molar-refractivity contribution in [3.8, 4) is 0 Å². The molecule has 19 heavy (non-hydrogen) atoms. The van der Waals surface area contributed by atoms with Gasteiger partial charge in [0.1, 0.15) is 0 Å². The van der Waals surface area contributed by atoms with Crippen LogP contribution in [0.25, 0.3) is 6.08 Å². The molecular formula is C13H15NO4S. The van der Waals surface area contributed by atoms with Gasteiger partial charge in [-0.2, -0.15) is 0 Å². The molecular weight excluding hydrogens is 266 g/mol. The molecule has 1 aromatic heterocycles. The number of carboxylic acid groups (broad SMARTS) is 1. The van der Waals surface area contributed by atoms with Crippen molar-refractivity contribution in [1.82, 2.24) is 4.90 Å². The number of thiophene rings is 1. The highest BCUT2D eigenvalue weighted by Crippen LogP contribution is 2.21. The average molecular weight is 281 g/mol. The predicted molar refractivity (Wildman–Crippen MR) is 72.1 cm³/mol. The monoisotopic (exact) mass is 281 g/mol. The average Bonchev–Trinajstić information content (AvgIpc) is 2.84. The molecule has 0 aliphatic carbocycles. The molecule has 0 spiro atoms. The van der Waals surface area contributed by atoms with Crippen LogP contribution in [0.5, 0.6) is 0 Å². The number of amides is 1. The van der Waals surface area contributed by atoms with E-state index in [1.807, 2.05) is 0 Å². The lowest BCUT2D eigenvalue weighted by Crippen LogP contribution is -2.41. The number of carbonyl (C=O) groups excluding carboxylic acids is 1. The van der Waals surface area contributed by atoms with Gasteiger partial charge in [-0.15, -0.1) is 11.3 Å². The van der Waals surface area contributed by atoms with Crippen LogP contribution in [0.3, 0.4) is 0 Å². The highest BCUT2D eigenvalue weighted by Gasteiger charge is 2.23. The summed E-state index contributed by atoms with van der Waals surface area (Å²) in [5.74, 6) is -1.11. The van der Waals surface area contributed by atoms with Gasteiger partial charge in [0.15, 0.2) is 0 Å². The minimum Gasteiger partial charge on any atom is -0.478 e. The largest absolute Gasteiger partial charge is 0.478 e. The van der Waals surface area contributed by atoms with E-state index in [0.29, 0.717) is 18.0 Å². The van der Waals surface area contributed by atoms with Crippen LogP contribution in [0.1, 0.15) is 27.4 Å². The first-order valence-electron chi connectivity index (χ1n) is 6.04. The fourth-order valence-corrected chi connectivity index (χ4v) is 2.88. The van der Waals surface area contributed by atoms with Crippen molar-refractivity contribution in [1.29, 1.82) is 0 Å². The lowest BCUT2D eigenvalue weighted by atomic mass is 10.1. The summed E-state index contributed by atoms with van der Waals surface area (Å²) in [4.78, 5) is 25.5. The molecule has 1 unspecified atom stereocenters. The number of hydrogen-bond donors (Lipinski definition) is 2. The maximum Gasteiger partial charge on any atom is 0.328 e. The van der Waals surface area contributed by atoms with Crippen LogP contribution in [0.15, 0.2) is 18.2 Å². The molecule has 1 aliphatic rings. The maximum atomic E-state index is 12.2. The molecule has 1 atom stereocenters. The number of nitrogens with zero attached hydrogens (tertiary/aromatic N) is 1. The van der Waals surface area contributed by atoms with Crippen LogP contribution in [0, 0.1) is 0 Å². The molecule has 1 aliphatic heterocycles. The van der Waals surface area contributed by atoms with E-state index in [2.05, 4.69) is 0 Å². The number of carboxylic acids is 1. The molecule has 1 fully saturated rings. The Balaban J connectivity index is 2.05. The summed E-state index contributed by atoms with van der Waals surface area (Å²) < 4.78 is 0. The Bertz CT molecular complexity index is 508. The SMILES string of the molecule is O=C(O)/C=C/c1ccc(C(=O)N2CCCC(O)C2)s1. The zero-order chi connectivity index (χ0) is 13.8. The standard InChI is InChI=1S/C13H15NO4S/c15-9-2-1-7-14(8-9)13(18)11-5-3-10(19-11)4-6-12(16)17/h3-6,9,15H,1-2,7-8H2,(H,16,17)/b6-4+. The minimum absolute atomic E-state index is 0.0984. The lowest BCUT2D eigenvalue weighted by Gasteiger charge is -2.29. The summed E-state index contributed by atoms with van der Waals surface area (Å²) in [6.45, 7) is 1.03. The van der Waals surface area contributed by atoms with Crippen LogP contribution >= 0.6 is 11.3 Å². The molecule has 0 saturated carbocycles. The van der Waals surface area contributed by atoms with Crippen LogP contribution in [0.2, 0.25) is 0 Å². The molecule has 0 radical (unpaired) electrons. The van der Waals surface area contributed by atoms with Crippen LogP contribution in [-0.2, 0) is 4.79 Å². The van der Waals surface area contributed by atoms with E-state index in [0.717, 1.165) is 23.8 Å². The van der Waals surface area contributed by atoms with Crippen LogP contribution < -0.4 is 0 Å². The molecule has 102 valence electrons. The predicted octanol–water partition coefficient (Wildman–Crippen LogP) is 1.44. The normalized spacial score (nSPS) is 19.8. The number of aliphatic carboxylic acids is 1. The van der Waals surface area contributed by atoms with Crippen molar-refractivity contribution in [2.24, 2.45) is 0 Å². The van der Waals surface area contributed by atoms with Gasteiger partial charge in [0.05, 0.1) is 11.0 Å². The van der Waals surface area contributed by atoms with Crippen molar-refractivity contribution in [3.63, 3.8) is 0 Å². The van der Waals surface area contributed by atoms with Gasteiger partial charge in [-0.1, -0.05) is 0 Å². The molecule has 2 heterocycles. The first-order chi connectivity index (χ1) is 9.06. The Labute approximate surface area is 114 Å². The molecule has 0 bridgehead atoms. The van der Waals surface area contributed by atoms with E-state index in [9.17, 15) is 14.7 Å². The van der Waals surface area contributed by atoms with Gasteiger partial charge in [0.2, 0.25) is 0 Å². The van der Waals surface area contributed by atoms with Crippen molar-refractivity contribution >= 4 is 29.3 Å². The van der Waals surface area contributed by atoms with Crippen molar-refractivity contribution < 1.29 is 19.8 Å². The van der Waals surface area contributed by atoms with Crippen molar-refractivity contribution in [3.05, 3.63) is 28.0 Å². The summed E-state index contributed by atoms with van der Waals surface area (Å²) in [5.41, 5.74) is 0. The molecule has 6 heteroatoms. The summed E-state index contributed by atoms with van der Waals surface area (Å²) >= 11 is 1.25. The molecule has 2 rings (SSSR count). The molecule has 1 amide bonds. The van der Waals surface area contributed by atoms with E-state index in [4.69, 9.17) is 5.11 Å². The van der Waals surface area contributed by atoms with Gasteiger partial charge < -0.3 is 15.1 Å². The molecule has 2 N–H and O–H groups in total. The quantitative estimate of drug-likeness (QED) is 0.822. The van der Waals surface area contributed by atoms with Gasteiger partial charge >= 0.3 is 5.97 Å². The molecule has 1 aromatic rings. The van der Waals surface area contributed by atoms with Gasteiger partial charge in [0, 0.05) is 24.0 Å². The van der Waals surface area contributed by atoms with Gasteiger partial charge in [-0.25, -0.2) is 4.79 Å². The Morgan fingerprint density at radius 2 is 2.21 bits per heavy atom. The van der Waals surface area contributed by atoms with Crippen molar-refractivity contribution in [2.45, 2.75) is 18.9 Å². The first-order valence-corrected chi connectivity index (χ1v) is 6.86. The third-order valence-electron chi connectivity index (χ3n) is 2.91. The number of piperidine rings is 1. The number of carbonyl (C=O) groups is 2. The minimum atomic E-state index is -1.01. The lowest BCUT2D eigenvalue weighted by molar-refractivity contribution is -0.131. The Morgan fingerprint density at radius 3 is 2.89 bits per heavy atom. The number of β-amino-alcohol motifs (C(OH)–C–C–N with tert-alkyl or cyclic N) is 1. The second kappa shape index (κ2) is 5.99. The third kappa shape index (κ3) is 3.65. The van der Waals surface area contributed by atoms with Gasteiger partial charge in [0.25, 0.3) is 5.91 Å². The Morgan fingerprint density at radius 1 is 1.42 bits per heavy atom. The number of likely N-dealkylation sites (tertiary alicyclic amines) is 1. The second-order valence-corrected chi connectivity index (χ2v) is 5.54. The number of aliphatic hydroxyl groups excluding tert-OH is 1. The Kier molecular flexibility index (Phi) is 4.34. The second-order valence-electron chi connectivity index (χ2n) is 4.42. The van der Waals surface area contributed by atoms with Gasteiger partial charge in [-0.3, -0.25) is 4.79 Å². The van der Waals surface area contributed by atoms with E-state index in [1.54, 1.807) is 17.0 Å². The summed E-state index contributed by atoms with van der Waals surface area (Å²) in [7, 11) is 0. The van der Waals surface area contributed by atoms with E-state index >= 15 is 0 Å². The maximum absolute atomic E-state index is 12.2. The van der Waals surface area contributed by atoms with E-state index < -0.39 is 12.1 Å². The van der Waals surface area contributed by atoms with E-state index in [1.165, 1.54) is 17.4 Å². The third-order valence-corrected chi connectivity index (χ3v) is 3.95. The fourth-order valence-electron chi connectivity index (χ4n) is 2.01. The first kappa shape index (κ1) is 13.8. The summed E-state index contributed by atoms with van der Waals surface area (Å²) in [6, 6.07) is 3.41. The smallest absolute Gasteiger partial charge is 0.328 e. The highest BCUT2D eigenvalue weighted by molar-refractivity contribution is 7.14. The molecule has 5 nitrogen and oxygen atoms in total. The molecule has 0 aromatic carbocycles. The van der Waals surface area contributed by atoms with E-state index in [-0.39, 0.29) is 5.91 Å². The zero-order valence-electron chi connectivity index (χ0n) is 10.3. The summed E-state index contributed by atoms with van der Waals surface area (Å²) in [5, 5.41) is 18.1. The number of aliphatic hydroxyl groups is 1. The van der Waals surface area contributed by atoms with Crippen LogP contribution in [-0.4, -0.2) is 46.2 Å². The number of hydrogen-bond acceptors (Lipinski definition) is 4. The Hall–Kier alpha value is -1.66. The number of rotatable bonds is 3. The summed E-state index contributed by atoms with van der Waals surface area (Å²) in [6.07, 6.45) is 3.62.